The molecular formula is C26H35N3O2. The van der Waals surface area contributed by atoms with Crippen molar-refractivity contribution in [1.82, 2.24) is 15.5 Å². The van der Waals surface area contributed by atoms with Gasteiger partial charge in [0, 0.05) is 25.6 Å². The molecule has 1 heterocycles. The van der Waals surface area contributed by atoms with Crippen molar-refractivity contribution in [3.8, 4) is 0 Å². The Kier molecular flexibility index (Phi) is 8.65. The van der Waals surface area contributed by atoms with E-state index in [2.05, 4.69) is 40.7 Å². The second kappa shape index (κ2) is 11.7. The molecule has 0 spiro atoms. The zero-order valence-electron chi connectivity index (χ0n) is 18.8. The summed E-state index contributed by atoms with van der Waals surface area (Å²) in [5.41, 5.74) is 4.74. The third-order valence-corrected chi connectivity index (χ3v) is 6.12. The fourth-order valence-corrected chi connectivity index (χ4v) is 4.03. The number of nitrogens with one attached hydrogen (secondary N) is 2. The van der Waals surface area contributed by atoms with E-state index in [-0.39, 0.29) is 18.4 Å². The number of amides is 2. The number of rotatable bonds is 9. The summed E-state index contributed by atoms with van der Waals surface area (Å²) < 4.78 is 0. The summed E-state index contributed by atoms with van der Waals surface area (Å²) in [6.07, 6.45) is 4.88. The molecule has 5 heteroatoms. The van der Waals surface area contributed by atoms with Crippen LogP contribution in [0.25, 0.3) is 0 Å². The number of benzene rings is 2. The molecule has 1 unspecified atom stereocenters. The molecule has 3 rings (SSSR count). The first-order chi connectivity index (χ1) is 15.0. The Labute approximate surface area is 186 Å². The molecule has 166 valence electrons. The quantitative estimate of drug-likeness (QED) is 0.648. The molecule has 2 N–H and O–H groups in total. The lowest BCUT2D eigenvalue weighted by atomic mass is 10.0. The minimum absolute atomic E-state index is 0.0120. The Morgan fingerprint density at radius 2 is 1.71 bits per heavy atom. The smallest absolute Gasteiger partial charge is 0.239 e. The van der Waals surface area contributed by atoms with Crippen LogP contribution in [0.15, 0.2) is 48.5 Å². The number of aryl methyl sites for hydroxylation is 2. The Morgan fingerprint density at radius 1 is 0.968 bits per heavy atom. The summed E-state index contributed by atoms with van der Waals surface area (Å²) in [5.74, 6) is -0.264. The molecule has 31 heavy (non-hydrogen) atoms. The highest BCUT2D eigenvalue weighted by Gasteiger charge is 2.19. The molecule has 0 aliphatic carbocycles. The van der Waals surface area contributed by atoms with Crippen LogP contribution in [-0.2, 0) is 29.1 Å². The summed E-state index contributed by atoms with van der Waals surface area (Å²) in [7, 11) is 0. The first-order valence-corrected chi connectivity index (χ1v) is 11.4. The second-order valence-electron chi connectivity index (χ2n) is 8.62. The van der Waals surface area contributed by atoms with Crippen LogP contribution in [0, 0.1) is 6.92 Å². The van der Waals surface area contributed by atoms with E-state index in [1.54, 1.807) is 0 Å². The van der Waals surface area contributed by atoms with E-state index in [1.807, 2.05) is 37.3 Å². The molecule has 0 saturated carbocycles. The van der Waals surface area contributed by atoms with Gasteiger partial charge in [0.1, 0.15) is 0 Å². The van der Waals surface area contributed by atoms with Crippen molar-refractivity contribution in [2.75, 3.05) is 13.1 Å². The molecule has 5 nitrogen and oxygen atoms in total. The number of likely N-dealkylation sites (tertiary alicyclic amines) is 1. The maximum atomic E-state index is 12.2. The lowest BCUT2D eigenvalue weighted by Crippen LogP contribution is -2.38. The highest BCUT2D eigenvalue weighted by molar-refractivity contribution is 5.84. The molecule has 1 atom stereocenters. The number of carbonyl (C=O) groups is 2. The van der Waals surface area contributed by atoms with Crippen LogP contribution in [0.4, 0.5) is 0 Å². The van der Waals surface area contributed by atoms with E-state index >= 15 is 0 Å². The van der Waals surface area contributed by atoms with Gasteiger partial charge in [-0.15, -0.1) is 0 Å². The molecule has 1 fully saturated rings. The first kappa shape index (κ1) is 23.0. The van der Waals surface area contributed by atoms with Gasteiger partial charge in [-0.05, 0) is 56.3 Å². The maximum absolute atomic E-state index is 12.2. The fraction of sp³-hybridized carbons (Fsp3) is 0.462. The number of piperidine rings is 1. The van der Waals surface area contributed by atoms with Crippen molar-refractivity contribution in [2.24, 2.45) is 0 Å². The van der Waals surface area contributed by atoms with E-state index in [1.165, 1.54) is 30.4 Å². The summed E-state index contributed by atoms with van der Waals surface area (Å²) >= 11 is 0. The predicted molar refractivity (Wildman–Crippen MR) is 125 cm³/mol. The minimum atomic E-state index is -0.162. The first-order valence-electron chi connectivity index (χ1n) is 11.4. The number of hydrogen-bond acceptors (Lipinski definition) is 3. The van der Waals surface area contributed by atoms with Crippen LogP contribution in [-0.4, -0.2) is 35.8 Å². The van der Waals surface area contributed by atoms with Crippen LogP contribution in [0.3, 0.4) is 0 Å². The SMILES string of the molecule is Cc1ccc(CCC(=O)NCC(=O)NCc2ccccc2CN2CCCCC2C)cc1. The monoisotopic (exact) mass is 421 g/mol. The zero-order chi connectivity index (χ0) is 22.1. The second-order valence-corrected chi connectivity index (χ2v) is 8.62. The van der Waals surface area contributed by atoms with Crippen molar-refractivity contribution in [2.45, 2.75) is 65.1 Å². The van der Waals surface area contributed by atoms with E-state index in [0.717, 1.165) is 24.2 Å². The van der Waals surface area contributed by atoms with Gasteiger partial charge in [-0.3, -0.25) is 14.5 Å². The molecule has 1 aliphatic heterocycles. The van der Waals surface area contributed by atoms with Gasteiger partial charge in [-0.25, -0.2) is 0 Å². The average molecular weight is 422 g/mol. The van der Waals surface area contributed by atoms with Gasteiger partial charge >= 0.3 is 0 Å². The number of nitrogens with zero attached hydrogens (tertiary/aromatic N) is 1. The van der Waals surface area contributed by atoms with Crippen LogP contribution in [0.2, 0.25) is 0 Å². The molecule has 2 aromatic carbocycles. The lowest BCUT2D eigenvalue weighted by molar-refractivity contribution is -0.126. The Balaban J connectivity index is 1.41. The molecule has 0 aromatic heterocycles. The summed E-state index contributed by atoms with van der Waals surface area (Å²) in [6.45, 7) is 6.89. The van der Waals surface area contributed by atoms with Gasteiger partial charge in [0.25, 0.3) is 0 Å². The lowest BCUT2D eigenvalue weighted by Gasteiger charge is -2.33. The van der Waals surface area contributed by atoms with Gasteiger partial charge in [-0.2, -0.15) is 0 Å². The van der Waals surface area contributed by atoms with Crippen molar-refractivity contribution in [3.05, 3.63) is 70.8 Å². The van der Waals surface area contributed by atoms with Crippen molar-refractivity contribution in [3.63, 3.8) is 0 Å². The van der Waals surface area contributed by atoms with E-state index in [4.69, 9.17) is 0 Å². The minimum Gasteiger partial charge on any atom is -0.350 e. The standard InChI is InChI=1S/C26H35N3O2/c1-20-10-12-22(13-11-20)14-15-25(30)28-18-26(31)27-17-23-8-3-4-9-24(23)19-29-16-6-5-7-21(29)2/h3-4,8-13,21H,5-7,14-19H2,1-2H3,(H,27,31)(H,28,30). The molecule has 2 amide bonds. The highest BCUT2D eigenvalue weighted by Crippen LogP contribution is 2.20. The normalized spacial score (nSPS) is 16.6. The van der Waals surface area contributed by atoms with Gasteiger partial charge in [0.05, 0.1) is 6.54 Å². The van der Waals surface area contributed by atoms with Crippen LogP contribution in [0.5, 0.6) is 0 Å². The van der Waals surface area contributed by atoms with Gasteiger partial charge < -0.3 is 10.6 Å². The van der Waals surface area contributed by atoms with Gasteiger partial charge in [0.2, 0.25) is 11.8 Å². The average Bonchev–Trinajstić information content (AvgIpc) is 2.78. The molecule has 1 aliphatic rings. The van der Waals surface area contributed by atoms with Crippen LogP contribution < -0.4 is 10.6 Å². The van der Waals surface area contributed by atoms with Gasteiger partial charge in [-0.1, -0.05) is 60.5 Å². The highest BCUT2D eigenvalue weighted by atomic mass is 16.2. The summed E-state index contributed by atoms with van der Waals surface area (Å²) in [4.78, 5) is 26.8. The van der Waals surface area contributed by atoms with Gasteiger partial charge in [0.15, 0.2) is 0 Å². The third kappa shape index (κ3) is 7.51. The van der Waals surface area contributed by atoms with Crippen molar-refractivity contribution in [1.29, 1.82) is 0 Å². The van der Waals surface area contributed by atoms with Crippen molar-refractivity contribution >= 4 is 11.8 Å². The zero-order valence-corrected chi connectivity index (χ0v) is 18.8. The van der Waals surface area contributed by atoms with E-state index in [0.29, 0.717) is 25.4 Å². The van der Waals surface area contributed by atoms with Crippen LogP contribution >= 0.6 is 0 Å². The number of hydrogen-bond donors (Lipinski definition) is 2. The molecule has 0 radical (unpaired) electrons. The third-order valence-electron chi connectivity index (χ3n) is 6.12. The molecular weight excluding hydrogens is 386 g/mol. The molecule has 2 aromatic rings. The Morgan fingerprint density at radius 3 is 2.45 bits per heavy atom. The fourth-order valence-electron chi connectivity index (χ4n) is 4.03. The number of carbonyl (C=O) groups excluding carboxylic acids is 2. The Bertz CT molecular complexity index is 863. The van der Waals surface area contributed by atoms with E-state index < -0.39 is 0 Å². The predicted octanol–water partition coefficient (Wildman–Crippen LogP) is 3.73. The van der Waals surface area contributed by atoms with Crippen molar-refractivity contribution < 1.29 is 9.59 Å². The van der Waals surface area contributed by atoms with Crippen LogP contribution in [0.1, 0.15) is 54.9 Å². The van der Waals surface area contributed by atoms with E-state index in [9.17, 15) is 9.59 Å². The maximum Gasteiger partial charge on any atom is 0.239 e. The topological polar surface area (TPSA) is 61.4 Å². The molecule has 0 bridgehead atoms. The Hall–Kier alpha value is -2.66. The summed E-state index contributed by atoms with van der Waals surface area (Å²) in [5, 5.41) is 5.68. The largest absolute Gasteiger partial charge is 0.350 e. The molecule has 1 saturated heterocycles. The summed E-state index contributed by atoms with van der Waals surface area (Å²) in [6, 6.07) is 17.1.